The molecule has 1 aliphatic heterocycles. The van der Waals surface area contributed by atoms with Gasteiger partial charge in [0.15, 0.2) is 6.61 Å². The van der Waals surface area contributed by atoms with Crippen molar-refractivity contribution in [3.63, 3.8) is 0 Å². The van der Waals surface area contributed by atoms with Crippen LogP contribution < -0.4 is 10.1 Å². The Morgan fingerprint density at radius 3 is 2.73 bits per heavy atom. The molecule has 0 spiro atoms. The molecule has 1 atom stereocenters. The van der Waals surface area contributed by atoms with Gasteiger partial charge in [-0.05, 0) is 30.0 Å². The van der Waals surface area contributed by atoms with Gasteiger partial charge in [0.05, 0.1) is 19.3 Å². The first-order valence-electron chi connectivity index (χ1n) is 8.54. The molecule has 142 valence electrons. The van der Waals surface area contributed by atoms with E-state index in [9.17, 15) is 4.79 Å². The Kier molecular flexibility index (Phi) is 8.38. The Bertz CT molecular complexity index is 675. The summed E-state index contributed by atoms with van der Waals surface area (Å²) in [6.07, 6.45) is 0. The molecule has 1 amide bonds. The molecule has 2 heterocycles. The van der Waals surface area contributed by atoms with Crippen LogP contribution in [0.25, 0.3) is 0 Å². The van der Waals surface area contributed by atoms with Gasteiger partial charge in [-0.15, -0.1) is 23.7 Å². The number of hydrogen-bond donors (Lipinski definition) is 1. The van der Waals surface area contributed by atoms with Gasteiger partial charge in [0, 0.05) is 24.5 Å². The maximum absolute atomic E-state index is 12.2. The fraction of sp³-hybridized carbons (Fsp3) is 0.421. The predicted molar refractivity (Wildman–Crippen MR) is 106 cm³/mol. The highest BCUT2D eigenvalue weighted by atomic mass is 35.5. The number of morpholine rings is 1. The minimum atomic E-state index is -0.0990. The molecule has 26 heavy (non-hydrogen) atoms. The first-order valence-corrected chi connectivity index (χ1v) is 9.42. The summed E-state index contributed by atoms with van der Waals surface area (Å²) in [5, 5.41) is 5.09. The number of thiophene rings is 1. The first-order chi connectivity index (χ1) is 12.2. The van der Waals surface area contributed by atoms with Gasteiger partial charge in [-0.3, -0.25) is 9.69 Å². The molecule has 1 fully saturated rings. The van der Waals surface area contributed by atoms with Crippen LogP contribution in [0.1, 0.15) is 16.5 Å². The van der Waals surface area contributed by atoms with Crippen molar-refractivity contribution in [3.05, 3.63) is 52.2 Å². The minimum absolute atomic E-state index is 0. The van der Waals surface area contributed by atoms with Gasteiger partial charge in [-0.25, -0.2) is 0 Å². The van der Waals surface area contributed by atoms with Gasteiger partial charge < -0.3 is 14.8 Å². The SMILES string of the molecule is Cc1ccccc1OCC(=O)NCC(c1cccs1)N1CCOCC1.Cl. The van der Waals surface area contributed by atoms with E-state index < -0.39 is 0 Å². The van der Waals surface area contributed by atoms with E-state index >= 15 is 0 Å². The van der Waals surface area contributed by atoms with Crippen LogP contribution >= 0.6 is 23.7 Å². The summed E-state index contributed by atoms with van der Waals surface area (Å²) in [4.78, 5) is 15.8. The van der Waals surface area contributed by atoms with Crippen molar-refractivity contribution in [1.82, 2.24) is 10.2 Å². The molecule has 3 rings (SSSR count). The Balaban J connectivity index is 0.00000243. The maximum atomic E-state index is 12.2. The number of nitrogens with one attached hydrogen (secondary N) is 1. The van der Waals surface area contributed by atoms with E-state index in [0.29, 0.717) is 6.54 Å². The average molecular weight is 397 g/mol. The molecule has 1 aromatic heterocycles. The molecule has 0 saturated carbocycles. The lowest BCUT2D eigenvalue weighted by atomic mass is 10.2. The van der Waals surface area contributed by atoms with Crippen LogP contribution in [-0.2, 0) is 9.53 Å². The maximum Gasteiger partial charge on any atom is 0.258 e. The predicted octanol–water partition coefficient (Wildman–Crippen LogP) is 3.05. The Hall–Kier alpha value is -1.60. The Labute approximate surface area is 164 Å². The Morgan fingerprint density at radius 2 is 2.04 bits per heavy atom. The first kappa shape index (κ1) is 20.7. The van der Waals surface area contributed by atoms with Crippen molar-refractivity contribution in [2.75, 3.05) is 39.5 Å². The molecule has 0 aliphatic carbocycles. The van der Waals surface area contributed by atoms with Crippen molar-refractivity contribution in [2.45, 2.75) is 13.0 Å². The molecular weight excluding hydrogens is 372 g/mol. The molecule has 0 bridgehead atoms. The molecule has 1 N–H and O–H groups in total. The van der Waals surface area contributed by atoms with Crippen LogP contribution in [0.2, 0.25) is 0 Å². The van der Waals surface area contributed by atoms with E-state index in [1.54, 1.807) is 11.3 Å². The lowest BCUT2D eigenvalue weighted by Crippen LogP contribution is -2.44. The highest BCUT2D eigenvalue weighted by Crippen LogP contribution is 2.25. The molecule has 0 radical (unpaired) electrons. The van der Waals surface area contributed by atoms with Crippen LogP contribution in [0, 0.1) is 6.92 Å². The van der Waals surface area contributed by atoms with Crippen LogP contribution in [0.3, 0.4) is 0 Å². The van der Waals surface area contributed by atoms with E-state index in [1.807, 2.05) is 31.2 Å². The molecule has 1 saturated heterocycles. The van der Waals surface area contributed by atoms with Crippen molar-refractivity contribution in [1.29, 1.82) is 0 Å². The van der Waals surface area contributed by atoms with Gasteiger partial charge >= 0.3 is 0 Å². The highest BCUT2D eigenvalue weighted by molar-refractivity contribution is 7.10. The zero-order valence-electron chi connectivity index (χ0n) is 14.8. The van der Waals surface area contributed by atoms with Gasteiger partial charge in [0.2, 0.25) is 0 Å². The fourth-order valence-corrected chi connectivity index (χ4v) is 3.76. The van der Waals surface area contributed by atoms with Gasteiger partial charge in [0.1, 0.15) is 5.75 Å². The number of amides is 1. The van der Waals surface area contributed by atoms with E-state index in [2.05, 4.69) is 27.7 Å². The second-order valence-electron chi connectivity index (χ2n) is 6.04. The molecular formula is C19H25ClN2O3S. The lowest BCUT2D eigenvalue weighted by molar-refractivity contribution is -0.123. The second-order valence-corrected chi connectivity index (χ2v) is 7.02. The molecule has 5 nitrogen and oxygen atoms in total. The second kappa shape index (κ2) is 10.5. The minimum Gasteiger partial charge on any atom is -0.484 e. The van der Waals surface area contributed by atoms with Crippen molar-refractivity contribution in [2.24, 2.45) is 0 Å². The van der Waals surface area contributed by atoms with Gasteiger partial charge in [-0.2, -0.15) is 0 Å². The third-order valence-electron chi connectivity index (χ3n) is 4.30. The zero-order chi connectivity index (χ0) is 17.5. The Morgan fingerprint density at radius 1 is 1.27 bits per heavy atom. The van der Waals surface area contributed by atoms with Crippen molar-refractivity contribution in [3.8, 4) is 5.75 Å². The summed E-state index contributed by atoms with van der Waals surface area (Å²) >= 11 is 1.72. The summed E-state index contributed by atoms with van der Waals surface area (Å²) in [5.74, 6) is 0.652. The van der Waals surface area contributed by atoms with Gasteiger partial charge in [-0.1, -0.05) is 24.3 Å². The molecule has 1 aromatic carbocycles. The van der Waals surface area contributed by atoms with E-state index in [0.717, 1.165) is 37.6 Å². The normalized spacial score (nSPS) is 15.7. The number of halogens is 1. The number of benzene rings is 1. The summed E-state index contributed by atoms with van der Waals surface area (Å²) in [6.45, 7) is 5.84. The van der Waals surface area contributed by atoms with E-state index in [4.69, 9.17) is 9.47 Å². The van der Waals surface area contributed by atoms with Crippen LogP contribution in [-0.4, -0.2) is 50.3 Å². The monoisotopic (exact) mass is 396 g/mol. The number of aryl methyl sites for hydroxylation is 1. The summed E-state index contributed by atoms with van der Waals surface area (Å²) < 4.78 is 11.1. The quantitative estimate of drug-likeness (QED) is 0.781. The number of para-hydroxylation sites is 1. The zero-order valence-corrected chi connectivity index (χ0v) is 16.5. The van der Waals surface area contributed by atoms with E-state index in [1.165, 1.54) is 4.88 Å². The van der Waals surface area contributed by atoms with E-state index in [-0.39, 0.29) is 31.0 Å². The number of carbonyl (C=O) groups excluding carboxylic acids is 1. The van der Waals surface area contributed by atoms with Crippen LogP contribution in [0.15, 0.2) is 41.8 Å². The smallest absolute Gasteiger partial charge is 0.258 e. The fourth-order valence-electron chi connectivity index (χ4n) is 2.90. The van der Waals surface area contributed by atoms with Gasteiger partial charge in [0.25, 0.3) is 5.91 Å². The summed E-state index contributed by atoms with van der Waals surface area (Å²) in [6, 6.07) is 12.1. The number of rotatable bonds is 7. The molecule has 1 aliphatic rings. The topological polar surface area (TPSA) is 50.8 Å². The number of hydrogen-bond acceptors (Lipinski definition) is 5. The molecule has 7 heteroatoms. The largest absolute Gasteiger partial charge is 0.484 e. The third-order valence-corrected chi connectivity index (χ3v) is 5.28. The summed E-state index contributed by atoms with van der Waals surface area (Å²) in [5.41, 5.74) is 1.03. The van der Waals surface area contributed by atoms with Crippen LogP contribution in [0.4, 0.5) is 0 Å². The number of ether oxygens (including phenoxy) is 2. The summed E-state index contributed by atoms with van der Waals surface area (Å²) in [7, 11) is 0. The number of carbonyl (C=O) groups is 1. The number of nitrogens with zero attached hydrogens (tertiary/aromatic N) is 1. The average Bonchev–Trinajstić information content (AvgIpc) is 3.16. The third kappa shape index (κ3) is 5.71. The van der Waals surface area contributed by atoms with Crippen LogP contribution in [0.5, 0.6) is 5.75 Å². The van der Waals surface area contributed by atoms with Crippen molar-refractivity contribution >= 4 is 29.7 Å². The highest BCUT2D eigenvalue weighted by Gasteiger charge is 2.23. The molecule has 2 aromatic rings. The lowest BCUT2D eigenvalue weighted by Gasteiger charge is -2.34. The molecule has 1 unspecified atom stereocenters. The standard InChI is InChI=1S/C19H24N2O3S.ClH/c1-15-5-2-3-6-17(15)24-14-19(22)20-13-16(18-7-4-12-25-18)21-8-10-23-11-9-21;/h2-7,12,16H,8-11,13-14H2,1H3,(H,20,22);1H. The van der Waals surface area contributed by atoms with Crippen molar-refractivity contribution < 1.29 is 14.3 Å².